The van der Waals surface area contributed by atoms with Crippen molar-refractivity contribution in [2.45, 2.75) is 191 Å². The number of carbonyl (C=O) groups is 2. The second-order valence-corrected chi connectivity index (χ2v) is 15.5. The predicted octanol–water partition coefficient (Wildman–Crippen LogP) is 6.66. The van der Waals surface area contributed by atoms with E-state index in [0.29, 0.717) is 12.8 Å². The van der Waals surface area contributed by atoms with Crippen molar-refractivity contribution in [3.05, 3.63) is 36.5 Å². The summed E-state index contributed by atoms with van der Waals surface area (Å²) in [5.74, 6) is -1.12. The van der Waals surface area contributed by atoms with E-state index in [9.17, 15) is 44.6 Å². The summed E-state index contributed by atoms with van der Waals surface area (Å²) in [5.41, 5.74) is 0. The lowest BCUT2D eigenvalue weighted by Gasteiger charge is -2.41. The van der Waals surface area contributed by atoms with Gasteiger partial charge in [-0.15, -0.1) is 0 Å². The van der Waals surface area contributed by atoms with Gasteiger partial charge in [0.05, 0.1) is 6.61 Å². The molecule has 1 saturated carbocycles. The van der Waals surface area contributed by atoms with E-state index in [2.05, 4.69) is 50.3 Å². The third kappa shape index (κ3) is 23.9. The lowest BCUT2D eigenvalue weighted by atomic mass is 9.85. The summed E-state index contributed by atoms with van der Waals surface area (Å²) in [4.78, 5) is 35.5. The third-order valence-electron chi connectivity index (χ3n) is 9.25. The number of allylic oxidation sites excluding steroid dienone is 6. The molecule has 0 aliphatic heterocycles. The van der Waals surface area contributed by atoms with Crippen LogP contribution >= 0.6 is 7.82 Å². The zero-order valence-corrected chi connectivity index (χ0v) is 33.7. The number of hydrogen-bond donors (Lipinski definition) is 6. The fourth-order valence-electron chi connectivity index (χ4n) is 5.95. The summed E-state index contributed by atoms with van der Waals surface area (Å²) in [6.07, 6.45) is 19.4. The number of esters is 2. The summed E-state index contributed by atoms with van der Waals surface area (Å²) in [6.45, 7) is 3.12. The molecule has 1 rings (SSSR count). The van der Waals surface area contributed by atoms with Gasteiger partial charge in [-0.3, -0.25) is 18.6 Å². The van der Waals surface area contributed by atoms with Crippen molar-refractivity contribution in [3.8, 4) is 0 Å². The molecule has 314 valence electrons. The van der Waals surface area contributed by atoms with E-state index in [1.54, 1.807) is 0 Å². The van der Waals surface area contributed by atoms with Crippen LogP contribution in [-0.4, -0.2) is 98.3 Å². The first-order valence-electron chi connectivity index (χ1n) is 20.3. The Morgan fingerprint density at radius 3 is 1.61 bits per heavy atom. The monoisotopic (exact) mass is 790 g/mol. The molecule has 54 heavy (non-hydrogen) atoms. The first-order valence-corrected chi connectivity index (χ1v) is 21.8. The molecule has 0 saturated heterocycles. The maximum atomic E-state index is 12.7. The normalized spacial score (nSPS) is 23.6. The van der Waals surface area contributed by atoms with E-state index in [1.165, 1.54) is 32.1 Å². The Labute approximate surface area is 323 Å². The van der Waals surface area contributed by atoms with Crippen LogP contribution in [0.2, 0.25) is 0 Å². The highest BCUT2D eigenvalue weighted by Gasteiger charge is 2.51. The lowest BCUT2D eigenvalue weighted by molar-refractivity contribution is -0.220. The Bertz CT molecular complexity index is 1100. The Morgan fingerprint density at radius 1 is 0.593 bits per heavy atom. The molecule has 14 heteroatoms. The quantitative estimate of drug-likeness (QED) is 0.0183. The van der Waals surface area contributed by atoms with Gasteiger partial charge < -0.3 is 39.9 Å². The maximum absolute atomic E-state index is 12.7. The largest absolute Gasteiger partial charge is 0.472 e. The SMILES string of the molecule is CC/C=C\C/C=C\C/C=C\CCCCCCCC(=O)OC[C@H](COP(=O)(O)OC1C(O)C(O)C(O)[C@@H](O)C1O)OC(=O)CCCCCCCCCCCC. The minimum absolute atomic E-state index is 0.0938. The molecule has 0 aromatic carbocycles. The van der Waals surface area contributed by atoms with Crippen LogP contribution in [0.3, 0.4) is 0 Å². The molecule has 0 aromatic heterocycles. The van der Waals surface area contributed by atoms with E-state index in [0.717, 1.165) is 77.0 Å². The molecule has 0 aromatic rings. The van der Waals surface area contributed by atoms with E-state index in [1.807, 2.05) is 0 Å². The molecule has 6 unspecified atom stereocenters. The molecular formula is C40H71O13P. The van der Waals surface area contributed by atoms with Gasteiger partial charge in [-0.05, 0) is 44.9 Å². The second kappa shape index (κ2) is 31.2. The van der Waals surface area contributed by atoms with Crippen LogP contribution in [0.4, 0.5) is 0 Å². The van der Waals surface area contributed by atoms with Gasteiger partial charge in [0, 0.05) is 12.8 Å². The zero-order chi connectivity index (χ0) is 40.0. The Hall–Kier alpha value is -1.93. The van der Waals surface area contributed by atoms with Crippen LogP contribution < -0.4 is 0 Å². The number of phosphoric ester groups is 1. The summed E-state index contributed by atoms with van der Waals surface area (Å²) in [6, 6.07) is 0. The van der Waals surface area contributed by atoms with E-state index in [-0.39, 0.29) is 12.8 Å². The molecule has 1 aliphatic carbocycles. The lowest BCUT2D eigenvalue weighted by Crippen LogP contribution is -2.64. The first kappa shape index (κ1) is 50.1. The fourth-order valence-corrected chi connectivity index (χ4v) is 6.92. The Kier molecular flexibility index (Phi) is 28.9. The molecule has 0 bridgehead atoms. The third-order valence-corrected chi connectivity index (χ3v) is 10.2. The number of aliphatic hydroxyl groups excluding tert-OH is 5. The molecule has 1 aliphatic rings. The van der Waals surface area contributed by atoms with E-state index >= 15 is 0 Å². The smallest absolute Gasteiger partial charge is 0.462 e. The molecule has 8 atom stereocenters. The molecule has 1 fully saturated rings. The number of unbranched alkanes of at least 4 members (excludes halogenated alkanes) is 14. The number of phosphoric acid groups is 1. The molecule has 0 amide bonds. The van der Waals surface area contributed by atoms with Gasteiger partial charge in [-0.25, -0.2) is 4.57 Å². The summed E-state index contributed by atoms with van der Waals surface area (Å²) >= 11 is 0. The molecule has 0 radical (unpaired) electrons. The van der Waals surface area contributed by atoms with Crippen molar-refractivity contribution in [2.24, 2.45) is 0 Å². The van der Waals surface area contributed by atoms with Crippen molar-refractivity contribution >= 4 is 19.8 Å². The fraction of sp³-hybridized carbons (Fsp3) is 0.800. The van der Waals surface area contributed by atoms with Crippen LogP contribution in [-0.2, 0) is 32.7 Å². The molecule has 13 nitrogen and oxygen atoms in total. The zero-order valence-electron chi connectivity index (χ0n) is 32.8. The minimum atomic E-state index is -5.11. The maximum Gasteiger partial charge on any atom is 0.472 e. The van der Waals surface area contributed by atoms with Crippen LogP contribution in [0, 0.1) is 0 Å². The molecule has 0 heterocycles. The van der Waals surface area contributed by atoms with Crippen molar-refractivity contribution in [3.63, 3.8) is 0 Å². The van der Waals surface area contributed by atoms with Crippen LogP contribution in [0.1, 0.15) is 149 Å². The molecule has 6 N–H and O–H groups in total. The predicted molar refractivity (Wildman–Crippen MR) is 207 cm³/mol. The molecular weight excluding hydrogens is 719 g/mol. The standard InChI is InChI=1S/C40H71O13P/c1-3-5-7-9-11-13-15-16-17-18-19-21-22-24-26-28-33(41)50-30-32(52-34(42)29-27-25-23-20-14-12-10-8-6-4-2)31-51-54(48,49)53-40-38(46)36(44)35(43)37(45)39(40)47/h5,7,11,13,16-17,32,35-40,43-47H,3-4,6,8-10,12,14-15,18-31H2,1-2H3,(H,48,49)/b7-5-,13-11-,17-16-/t32-,35?,36-,37?,38?,39?,40?/m1/s1. The van der Waals surface area contributed by atoms with Crippen molar-refractivity contribution in [1.82, 2.24) is 0 Å². The Morgan fingerprint density at radius 2 is 1.06 bits per heavy atom. The van der Waals surface area contributed by atoms with Gasteiger partial charge >= 0.3 is 19.8 Å². The van der Waals surface area contributed by atoms with Crippen molar-refractivity contribution in [1.29, 1.82) is 0 Å². The van der Waals surface area contributed by atoms with Crippen molar-refractivity contribution < 1.29 is 63.1 Å². The summed E-state index contributed by atoms with van der Waals surface area (Å²) < 4.78 is 33.3. The highest BCUT2D eigenvalue weighted by Crippen LogP contribution is 2.47. The van der Waals surface area contributed by atoms with Gasteiger partial charge in [-0.2, -0.15) is 0 Å². The van der Waals surface area contributed by atoms with Gasteiger partial charge in [0.2, 0.25) is 0 Å². The Balaban J connectivity index is 2.52. The average Bonchev–Trinajstić information content (AvgIpc) is 3.15. The average molecular weight is 791 g/mol. The summed E-state index contributed by atoms with van der Waals surface area (Å²) in [5, 5.41) is 49.9. The van der Waals surface area contributed by atoms with Gasteiger partial charge in [-0.1, -0.05) is 127 Å². The number of carbonyl (C=O) groups excluding carboxylic acids is 2. The minimum Gasteiger partial charge on any atom is -0.462 e. The first-order chi connectivity index (χ1) is 25.9. The second-order valence-electron chi connectivity index (χ2n) is 14.1. The topological polar surface area (TPSA) is 210 Å². The highest BCUT2D eigenvalue weighted by atomic mass is 31.2. The molecule has 0 spiro atoms. The van der Waals surface area contributed by atoms with Crippen LogP contribution in [0.5, 0.6) is 0 Å². The number of ether oxygens (including phenoxy) is 2. The number of hydrogen-bond acceptors (Lipinski definition) is 12. The van der Waals surface area contributed by atoms with Gasteiger partial charge in [0.1, 0.15) is 43.2 Å². The number of rotatable bonds is 32. The summed E-state index contributed by atoms with van der Waals surface area (Å²) in [7, 11) is -5.11. The van der Waals surface area contributed by atoms with Crippen molar-refractivity contribution in [2.75, 3.05) is 13.2 Å². The van der Waals surface area contributed by atoms with Crippen LogP contribution in [0.15, 0.2) is 36.5 Å². The number of aliphatic hydroxyl groups is 5. The van der Waals surface area contributed by atoms with Crippen LogP contribution in [0.25, 0.3) is 0 Å². The van der Waals surface area contributed by atoms with E-state index in [4.69, 9.17) is 18.5 Å². The van der Waals surface area contributed by atoms with Gasteiger partial charge in [0.15, 0.2) is 6.10 Å². The van der Waals surface area contributed by atoms with Gasteiger partial charge in [0.25, 0.3) is 0 Å². The van der Waals surface area contributed by atoms with E-state index < -0.39 is 75.7 Å². The highest BCUT2D eigenvalue weighted by molar-refractivity contribution is 7.47.